The molecule has 0 radical (unpaired) electrons. The first-order valence-electron chi connectivity index (χ1n) is 6.93. The second-order valence-corrected chi connectivity index (χ2v) is 5.32. The van der Waals surface area contributed by atoms with Gasteiger partial charge in [-0.2, -0.15) is 0 Å². The summed E-state index contributed by atoms with van der Waals surface area (Å²) >= 11 is 0. The predicted molar refractivity (Wildman–Crippen MR) is 81.5 cm³/mol. The van der Waals surface area contributed by atoms with Crippen LogP contribution in [0.15, 0.2) is 47.4 Å². The molecule has 0 spiro atoms. The van der Waals surface area contributed by atoms with Gasteiger partial charge in [0.25, 0.3) is 5.56 Å². The van der Waals surface area contributed by atoms with E-state index in [2.05, 4.69) is 0 Å². The molecule has 0 aliphatic carbocycles. The van der Waals surface area contributed by atoms with Crippen LogP contribution in [0.3, 0.4) is 0 Å². The number of pyridine rings is 1. The summed E-state index contributed by atoms with van der Waals surface area (Å²) in [6.45, 7) is 5.94. The monoisotopic (exact) mass is 285 g/mol. The Hall–Kier alpha value is -2.36. The lowest BCUT2D eigenvalue weighted by Gasteiger charge is -2.10. The summed E-state index contributed by atoms with van der Waals surface area (Å²) in [4.78, 5) is 23.8. The lowest BCUT2D eigenvalue weighted by molar-refractivity contribution is 0.0378. The fourth-order valence-electron chi connectivity index (χ4n) is 2.01. The molecule has 0 fully saturated rings. The topological polar surface area (TPSA) is 48.3 Å². The highest BCUT2D eigenvalue weighted by atomic mass is 16.5. The molecule has 2 aromatic rings. The maximum Gasteiger partial charge on any atom is 0.338 e. The normalized spacial score (nSPS) is 10.7. The summed E-state index contributed by atoms with van der Waals surface area (Å²) in [7, 11) is 0. The minimum Gasteiger partial charge on any atom is -0.459 e. The fourth-order valence-corrected chi connectivity index (χ4v) is 2.01. The number of benzene rings is 1. The molecule has 0 amide bonds. The number of rotatable bonds is 4. The second-order valence-electron chi connectivity index (χ2n) is 5.32. The summed E-state index contributed by atoms with van der Waals surface area (Å²) in [6.07, 6.45) is 1.61. The van der Waals surface area contributed by atoms with Crippen molar-refractivity contribution in [2.24, 2.45) is 0 Å². The molecule has 4 nitrogen and oxygen atoms in total. The van der Waals surface area contributed by atoms with Gasteiger partial charge in [-0.1, -0.05) is 12.1 Å². The Balaban J connectivity index is 2.21. The zero-order chi connectivity index (χ0) is 15.4. The molecule has 0 N–H and O–H groups in total. The molecule has 0 saturated heterocycles. The number of aromatic nitrogens is 1. The van der Waals surface area contributed by atoms with Crippen LogP contribution in [0.1, 0.15) is 35.3 Å². The number of ether oxygens (including phenoxy) is 1. The van der Waals surface area contributed by atoms with Gasteiger partial charge in [0.2, 0.25) is 0 Å². The van der Waals surface area contributed by atoms with Gasteiger partial charge in [-0.15, -0.1) is 0 Å². The van der Waals surface area contributed by atoms with Crippen LogP contribution in [0.2, 0.25) is 0 Å². The van der Waals surface area contributed by atoms with E-state index in [9.17, 15) is 9.59 Å². The SMILES string of the molecule is Cc1ccn(Cc2cccc(C(=O)OC(C)C)c2)c(=O)c1. The quantitative estimate of drug-likeness (QED) is 0.812. The Bertz CT molecular complexity index is 701. The summed E-state index contributed by atoms with van der Waals surface area (Å²) in [5.74, 6) is -0.344. The van der Waals surface area contributed by atoms with Crippen LogP contribution < -0.4 is 5.56 Å². The molecule has 0 aliphatic heterocycles. The van der Waals surface area contributed by atoms with Crippen molar-refractivity contribution < 1.29 is 9.53 Å². The molecule has 0 aliphatic rings. The molecule has 1 heterocycles. The van der Waals surface area contributed by atoms with E-state index >= 15 is 0 Å². The third kappa shape index (κ3) is 4.05. The molecule has 0 saturated carbocycles. The molecule has 1 aromatic heterocycles. The molecular formula is C17H19NO3. The Labute approximate surface area is 124 Å². The third-order valence-electron chi connectivity index (χ3n) is 3.01. The van der Waals surface area contributed by atoms with E-state index in [-0.39, 0.29) is 17.6 Å². The average Bonchev–Trinajstić information content (AvgIpc) is 2.41. The number of carbonyl (C=O) groups is 1. The van der Waals surface area contributed by atoms with Gasteiger partial charge in [-0.3, -0.25) is 4.79 Å². The summed E-state index contributed by atoms with van der Waals surface area (Å²) in [5.41, 5.74) is 2.27. The highest BCUT2D eigenvalue weighted by Gasteiger charge is 2.09. The van der Waals surface area contributed by atoms with Crippen molar-refractivity contribution in [3.63, 3.8) is 0 Å². The summed E-state index contributed by atoms with van der Waals surface area (Å²) < 4.78 is 6.78. The smallest absolute Gasteiger partial charge is 0.338 e. The highest BCUT2D eigenvalue weighted by molar-refractivity contribution is 5.89. The number of hydrogen-bond donors (Lipinski definition) is 0. The van der Waals surface area contributed by atoms with Crippen LogP contribution in [0, 0.1) is 6.92 Å². The van der Waals surface area contributed by atoms with Crippen molar-refractivity contribution in [3.8, 4) is 0 Å². The van der Waals surface area contributed by atoms with Gasteiger partial charge in [0.05, 0.1) is 18.2 Å². The first kappa shape index (κ1) is 15.0. The maximum atomic E-state index is 11.9. The van der Waals surface area contributed by atoms with E-state index in [0.29, 0.717) is 12.1 Å². The van der Waals surface area contributed by atoms with E-state index in [1.54, 1.807) is 35.0 Å². The number of nitrogens with zero attached hydrogens (tertiary/aromatic N) is 1. The first-order chi connectivity index (χ1) is 9.95. The zero-order valence-corrected chi connectivity index (χ0v) is 12.5. The van der Waals surface area contributed by atoms with Crippen LogP contribution in [0.5, 0.6) is 0 Å². The van der Waals surface area contributed by atoms with Crippen molar-refractivity contribution in [1.82, 2.24) is 4.57 Å². The van der Waals surface area contributed by atoms with Crippen LogP contribution in [-0.2, 0) is 11.3 Å². The van der Waals surface area contributed by atoms with E-state index in [1.807, 2.05) is 32.9 Å². The van der Waals surface area contributed by atoms with Crippen LogP contribution in [-0.4, -0.2) is 16.6 Å². The number of esters is 1. The Morgan fingerprint density at radius 1 is 1.24 bits per heavy atom. The van der Waals surface area contributed by atoms with Crippen molar-refractivity contribution in [1.29, 1.82) is 0 Å². The van der Waals surface area contributed by atoms with Crippen molar-refractivity contribution in [3.05, 3.63) is 69.6 Å². The molecule has 0 bridgehead atoms. The van der Waals surface area contributed by atoms with Crippen LogP contribution in [0.25, 0.3) is 0 Å². The average molecular weight is 285 g/mol. The van der Waals surface area contributed by atoms with Crippen molar-refractivity contribution in [2.75, 3.05) is 0 Å². The van der Waals surface area contributed by atoms with E-state index < -0.39 is 0 Å². The third-order valence-corrected chi connectivity index (χ3v) is 3.01. The molecule has 1 aromatic carbocycles. The van der Waals surface area contributed by atoms with Crippen molar-refractivity contribution >= 4 is 5.97 Å². The van der Waals surface area contributed by atoms with Gasteiger partial charge in [-0.05, 0) is 50.1 Å². The standard InChI is InChI=1S/C17H19NO3/c1-12(2)21-17(20)15-6-4-5-14(10-15)11-18-8-7-13(3)9-16(18)19/h4-10,12H,11H2,1-3H3. The summed E-state index contributed by atoms with van der Waals surface area (Å²) in [5, 5.41) is 0. The number of hydrogen-bond acceptors (Lipinski definition) is 3. The fraction of sp³-hybridized carbons (Fsp3) is 0.294. The van der Waals surface area contributed by atoms with Crippen LogP contribution in [0.4, 0.5) is 0 Å². The van der Waals surface area contributed by atoms with Crippen molar-refractivity contribution in [2.45, 2.75) is 33.4 Å². The minimum absolute atomic E-state index is 0.0508. The van der Waals surface area contributed by atoms with E-state index in [1.165, 1.54) is 0 Å². The molecule has 4 heteroatoms. The zero-order valence-electron chi connectivity index (χ0n) is 12.5. The van der Waals surface area contributed by atoms with Gasteiger partial charge >= 0.3 is 5.97 Å². The summed E-state index contributed by atoms with van der Waals surface area (Å²) in [6, 6.07) is 10.6. The second kappa shape index (κ2) is 6.39. The number of carbonyl (C=O) groups excluding carboxylic acids is 1. The molecule has 21 heavy (non-hydrogen) atoms. The van der Waals surface area contributed by atoms with Gasteiger partial charge in [0, 0.05) is 12.3 Å². The molecule has 110 valence electrons. The molecule has 0 atom stereocenters. The Morgan fingerprint density at radius 2 is 2.00 bits per heavy atom. The van der Waals surface area contributed by atoms with Gasteiger partial charge in [0.15, 0.2) is 0 Å². The largest absolute Gasteiger partial charge is 0.459 e. The molecular weight excluding hydrogens is 266 g/mol. The Kier molecular flexibility index (Phi) is 4.58. The van der Waals surface area contributed by atoms with Gasteiger partial charge in [0.1, 0.15) is 0 Å². The predicted octanol–water partition coefficient (Wildman–Crippen LogP) is 2.77. The highest BCUT2D eigenvalue weighted by Crippen LogP contribution is 2.09. The molecule has 0 unspecified atom stereocenters. The van der Waals surface area contributed by atoms with Gasteiger partial charge in [-0.25, -0.2) is 4.79 Å². The minimum atomic E-state index is -0.344. The maximum absolute atomic E-state index is 11.9. The van der Waals surface area contributed by atoms with Gasteiger partial charge < -0.3 is 9.30 Å². The van der Waals surface area contributed by atoms with Crippen LogP contribution >= 0.6 is 0 Å². The van der Waals surface area contributed by atoms with E-state index in [4.69, 9.17) is 4.74 Å². The first-order valence-corrected chi connectivity index (χ1v) is 6.93. The van der Waals surface area contributed by atoms with E-state index in [0.717, 1.165) is 11.1 Å². The lowest BCUT2D eigenvalue weighted by atomic mass is 10.1. The number of aryl methyl sites for hydroxylation is 1. The molecule has 2 rings (SSSR count). The Morgan fingerprint density at radius 3 is 2.67 bits per heavy atom. The lowest BCUT2D eigenvalue weighted by Crippen LogP contribution is -2.19.